The fourth-order valence-electron chi connectivity index (χ4n) is 2.34. The fourth-order valence-corrected chi connectivity index (χ4v) is 2.34. The quantitative estimate of drug-likeness (QED) is 0.789. The van der Waals surface area contributed by atoms with Gasteiger partial charge in [0, 0.05) is 12.6 Å². The van der Waals surface area contributed by atoms with Gasteiger partial charge in [0.05, 0.1) is 0 Å². The molecular weight excluding hydrogens is 206 g/mol. The smallest absolute Gasteiger partial charge is 0.00134 e. The average Bonchev–Trinajstić information content (AvgIpc) is 3.08. The van der Waals surface area contributed by atoms with Crippen molar-refractivity contribution in [2.45, 2.75) is 52.5 Å². The van der Waals surface area contributed by atoms with Crippen LogP contribution in [0.1, 0.15) is 44.7 Å². The molecule has 1 aliphatic carbocycles. The van der Waals surface area contributed by atoms with Crippen molar-refractivity contribution < 1.29 is 0 Å². The van der Waals surface area contributed by atoms with Crippen LogP contribution in [0.15, 0.2) is 24.3 Å². The predicted octanol–water partition coefficient (Wildman–Crippen LogP) is 3.57. The van der Waals surface area contributed by atoms with Gasteiger partial charge in [-0.05, 0) is 42.2 Å². The molecule has 0 atom stereocenters. The molecule has 1 heteroatoms. The summed E-state index contributed by atoms with van der Waals surface area (Å²) in [4.78, 5) is 0. The third kappa shape index (κ3) is 3.57. The largest absolute Gasteiger partial charge is 0.314 e. The Morgan fingerprint density at radius 3 is 2.18 bits per heavy atom. The molecule has 1 saturated carbocycles. The van der Waals surface area contributed by atoms with Crippen LogP contribution < -0.4 is 5.32 Å². The van der Waals surface area contributed by atoms with Crippen LogP contribution in [-0.2, 0) is 12.8 Å². The Labute approximate surface area is 106 Å². The molecule has 1 aromatic carbocycles. The van der Waals surface area contributed by atoms with E-state index in [9.17, 15) is 0 Å². The minimum Gasteiger partial charge on any atom is -0.314 e. The summed E-state index contributed by atoms with van der Waals surface area (Å²) < 4.78 is 0. The maximum atomic E-state index is 3.59. The van der Waals surface area contributed by atoms with Crippen LogP contribution in [0.4, 0.5) is 0 Å². The first-order valence-corrected chi connectivity index (χ1v) is 6.95. The van der Waals surface area contributed by atoms with Gasteiger partial charge in [-0.3, -0.25) is 0 Å². The second kappa shape index (κ2) is 5.22. The summed E-state index contributed by atoms with van der Waals surface area (Å²) in [5.41, 5.74) is 3.52. The molecule has 2 rings (SSSR count). The fraction of sp³-hybridized carbons (Fsp3) is 0.625. The third-order valence-corrected chi connectivity index (χ3v) is 3.85. The Hall–Kier alpha value is -0.820. The molecule has 17 heavy (non-hydrogen) atoms. The molecule has 1 aromatic rings. The van der Waals surface area contributed by atoms with Crippen LogP contribution >= 0.6 is 0 Å². The highest BCUT2D eigenvalue weighted by molar-refractivity contribution is 5.24. The lowest BCUT2D eigenvalue weighted by molar-refractivity contribution is 0.429. The average molecular weight is 231 g/mol. The van der Waals surface area contributed by atoms with E-state index in [2.05, 4.69) is 50.4 Å². The SMILES string of the molecule is CCc1ccc(CC2(CNC(C)C)CC2)cc1. The van der Waals surface area contributed by atoms with E-state index < -0.39 is 0 Å². The van der Waals surface area contributed by atoms with Crippen molar-refractivity contribution in [3.63, 3.8) is 0 Å². The van der Waals surface area contributed by atoms with E-state index in [0.29, 0.717) is 11.5 Å². The Kier molecular flexibility index (Phi) is 3.88. The van der Waals surface area contributed by atoms with Crippen LogP contribution in [0.2, 0.25) is 0 Å². The van der Waals surface area contributed by atoms with E-state index in [0.717, 1.165) is 6.42 Å². The Morgan fingerprint density at radius 2 is 1.71 bits per heavy atom. The van der Waals surface area contributed by atoms with Crippen LogP contribution in [0.3, 0.4) is 0 Å². The molecule has 1 aliphatic rings. The van der Waals surface area contributed by atoms with E-state index in [-0.39, 0.29) is 0 Å². The molecule has 0 aliphatic heterocycles. The van der Waals surface area contributed by atoms with Crippen LogP contribution in [-0.4, -0.2) is 12.6 Å². The minimum atomic E-state index is 0.567. The van der Waals surface area contributed by atoms with Crippen LogP contribution in [0.5, 0.6) is 0 Å². The first kappa shape index (κ1) is 12.6. The first-order chi connectivity index (χ1) is 8.13. The molecule has 1 N–H and O–H groups in total. The molecule has 0 saturated heterocycles. The third-order valence-electron chi connectivity index (χ3n) is 3.85. The first-order valence-electron chi connectivity index (χ1n) is 6.95. The summed E-state index contributed by atoms with van der Waals surface area (Å²) in [5.74, 6) is 0. The molecule has 0 radical (unpaired) electrons. The van der Waals surface area contributed by atoms with E-state index in [1.807, 2.05) is 0 Å². The lowest BCUT2D eigenvalue weighted by atomic mass is 9.95. The summed E-state index contributed by atoms with van der Waals surface area (Å²) in [5, 5.41) is 3.59. The van der Waals surface area contributed by atoms with Crippen molar-refractivity contribution in [2.24, 2.45) is 5.41 Å². The van der Waals surface area contributed by atoms with E-state index >= 15 is 0 Å². The second-order valence-electron chi connectivity index (χ2n) is 5.88. The highest BCUT2D eigenvalue weighted by Crippen LogP contribution is 2.47. The standard InChI is InChI=1S/C16H25N/c1-4-14-5-7-15(8-6-14)11-16(9-10-16)12-17-13(2)3/h5-8,13,17H,4,9-12H2,1-3H3. The molecule has 0 heterocycles. The van der Waals surface area contributed by atoms with E-state index in [4.69, 9.17) is 0 Å². The Balaban J connectivity index is 1.91. The van der Waals surface area contributed by atoms with Gasteiger partial charge in [0.25, 0.3) is 0 Å². The van der Waals surface area contributed by atoms with Gasteiger partial charge in [-0.2, -0.15) is 0 Å². The van der Waals surface area contributed by atoms with Crippen molar-refractivity contribution in [2.75, 3.05) is 6.54 Å². The molecule has 0 unspecified atom stereocenters. The lowest BCUT2D eigenvalue weighted by Crippen LogP contribution is -2.30. The van der Waals surface area contributed by atoms with Crippen LogP contribution in [0.25, 0.3) is 0 Å². The van der Waals surface area contributed by atoms with Gasteiger partial charge in [0.15, 0.2) is 0 Å². The van der Waals surface area contributed by atoms with E-state index in [1.165, 1.54) is 36.9 Å². The Morgan fingerprint density at radius 1 is 1.12 bits per heavy atom. The number of hydrogen-bond donors (Lipinski definition) is 1. The summed E-state index contributed by atoms with van der Waals surface area (Å²) in [7, 11) is 0. The normalized spacial score (nSPS) is 17.4. The minimum absolute atomic E-state index is 0.567. The summed E-state index contributed by atoms with van der Waals surface area (Å²) in [6.07, 6.45) is 5.17. The maximum absolute atomic E-state index is 3.59. The number of aryl methyl sites for hydroxylation is 1. The molecule has 94 valence electrons. The zero-order valence-corrected chi connectivity index (χ0v) is 11.4. The van der Waals surface area contributed by atoms with Crippen molar-refractivity contribution >= 4 is 0 Å². The lowest BCUT2D eigenvalue weighted by Gasteiger charge is -2.18. The van der Waals surface area contributed by atoms with Gasteiger partial charge in [-0.1, -0.05) is 45.0 Å². The number of nitrogens with one attached hydrogen (secondary N) is 1. The highest BCUT2D eigenvalue weighted by Gasteiger charge is 2.41. The Bertz CT molecular complexity index is 346. The van der Waals surface area contributed by atoms with Gasteiger partial charge >= 0.3 is 0 Å². The number of rotatable bonds is 6. The zero-order chi connectivity index (χ0) is 12.3. The van der Waals surface area contributed by atoms with Gasteiger partial charge in [-0.25, -0.2) is 0 Å². The van der Waals surface area contributed by atoms with E-state index in [1.54, 1.807) is 0 Å². The van der Waals surface area contributed by atoms with Crippen molar-refractivity contribution in [3.8, 4) is 0 Å². The molecule has 1 fully saturated rings. The monoisotopic (exact) mass is 231 g/mol. The van der Waals surface area contributed by atoms with Crippen molar-refractivity contribution in [1.29, 1.82) is 0 Å². The molecular formula is C16H25N. The number of benzene rings is 1. The second-order valence-corrected chi connectivity index (χ2v) is 5.88. The molecule has 0 amide bonds. The van der Waals surface area contributed by atoms with Gasteiger partial charge < -0.3 is 5.32 Å². The zero-order valence-electron chi connectivity index (χ0n) is 11.4. The molecule has 0 spiro atoms. The summed E-state index contributed by atoms with van der Waals surface area (Å²) in [6, 6.07) is 9.79. The molecule has 1 nitrogen and oxygen atoms in total. The highest BCUT2D eigenvalue weighted by atomic mass is 14.9. The number of hydrogen-bond acceptors (Lipinski definition) is 1. The van der Waals surface area contributed by atoms with Crippen molar-refractivity contribution in [3.05, 3.63) is 35.4 Å². The summed E-state index contributed by atoms with van der Waals surface area (Å²) in [6.45, 7) is 7.85. The maximum Gasteiger partial charge on any atom is 0.00134 e. The van der Waals surface area contributed by atoms with Gasteiger partial charge in [0.1, 0.15) is 0 Å². The molecule has 0 bridgehead atoms. The van der Waals surface area contributed by atoms with Gasteiger partial charge in [0.2, 0.25) is 0 Å². The topological polar surface area (TPSA) is 12.0 Å². The molecule has 0 aromatic heterocycles. The predicted molar refractivity (Wildman–Crippen MR) is 74.3 cm³/mol. The van der Waals surface area contributed by atoms with Crippen molar-refractivity contribution in [1.82, 2.24) is 5.32 Å². The summed E-state index contributed by atoms with van der Waals surface area (Å²) >= 11 is 0. The van der Waals surface area contributed by atoms with Gasteiger partial charge in [-0.15, -0.1) is 0 Å². The van der Waals surface area contributed by atoms with Crippen LogP contribution in [0, 0.1) is 5.41 Å².